The molecule has 2 atom stereocenters. The minimum Gasteiger partial charge on any atom is -0.478 e. The van der Waals surface area contributed by atoms with Gasteiger partial charge in [-0.3, -0.25) is 0 Å². The van der Waals surface area contributed by atoms with Gasteiger partial charge in [0.15, 0.2) is 8.32 Å². The molecule has 0 aliphatic carbocycles. The van der Waals surface area contributed by atoms with Crippen molar-refractivity contribution < 1.29 is 19.4 Å². The van der Waals surface area contributed by atoms with E-state index >= 15 is 0 Å². The molecule has 0 aromatic heterocycles. The van der Waals surface area contributed by atoms with E-state index in [1.165, 1.54) is 6.08 Å². The topological polar surface area (TPSA) is 66.8 Å². The third-order valence-electron chi connectivity index (χ3n) is 4.22. The second-order valence-corrected chi connectivity index (χ2v) is 11.9. The highest BCUT2D eigenvalue weighted by molar-refractivity contribution is 6.74. The Morgan fingerprint density at radius 1 is 1.29 bits per heavy atom. The number of carbonyl (C=O) groups is 1. The van der Waals surface area contributed by atoms with E-state index in [1.807, 2.05) is 6.92 Å². The summed E-state index contributed by atoms with van der Waals surface area (Å²) in [5, 5.41) is 19.0. The Balaban J connectivity index is 4.44. The van der Waals surface area contributed by atoms with Gasteiger partial charge in [-0.1, -0.05) is 27.7 Å². The van der Waals surface area contributed by atoms with Crippen LogP contribution in [0.1, 0.15) is 53.9 Å². The Kier molecular flexibility index (Phi) is 7.85. The van der Waals surface area contributed by atoms with Crippen molar-refractivity contribution in [2.45, 2.75) is 84.2 Å². The molecule has 0 rings (SSSR count). The molecule has 0 unspecified atom stereocenters. The van der Waals surface area contributed by atoms with Crippen molar-refractivity contribution in [3.8, 4) is 0 Å². The van der Waals surface area contributed by atoms with Gasteiger partial charge in [0.25, 0.3) is 0 Å². The Bertz CT molecular complexity index is 369. The maximum atomic E-state index is 10.9. The van der Waals surface area contributed by atoms with Gasteiger partial charge in [-0.15, -0.1) is 0 Å². The first-order valence-corrected chi connectivity index (χ1v) is 10.6. The molecule has 0 spiro atoms. The van der Waals surface area contributed by atoms with Crippen LogP contribution in [0.3, 0.4) is 0 Å². The predicted octanol–water partition coefficient (Wildman–Crippen LogP) is 3.96. The Morgan fingerprint density at radius 2 is 1.81 bits per heavy atom. The normalized spacial score (nSPS) is 16.7. The van der Waals surface area contributed by atoms with Crippen LogP contribution in [0.15, 0.2) is 11.6 Å². The lowest BCUT2D eigenvalue weighted by Crippen LogP contribution is -2.43. The summed E-state index contributed by atoms with van der Waals surface area (Å²) >= 11 is 0. The Morgan fingerprint density at radius 3 is 2.19 bits per heavy atom. The number of aliphatic hydroxyl groups excluding tert-OH is 1. The molecule has 0 fully saturated rings. The highest BCUT2D eigenvalue weighted by atomic mass is 28.4. The number of aliphatic carboxylic acids is 1. The Labute approximate surface area is 130 Å². The fraction of sp³-hybridized carbons (Fsp3) is 0.812. The van der Waals surface area contributed by atoms with Gasteiger partial charge in [-0.25, -0.2) is 4.79 Å². The minimum atomic E-state index is -1.79. The Hall–Kier alpha value is -0.653. The predicted molar refractivity (Wildman–Crippen MR) is 89.0 cm³/mol. The van der Waals surface area contributed by atoms with Gasteiger partial charge >= 0.3 is 5.97 Å². The first-order chi connectivity index (χ1) is 9.40. The first kappa shape index (κ1) is 20.3. The van der Waals surface area contributed by atoms with E-state index in [1.54, 1.807) is 6.92 Å². The summed E-state index contributed by atoms with van der Waals surface area (Å²) < 4.78 is 6.22. The fourth-order valence-electron chi connectivity index (χ4n) is 1.80. The molecular weight excluding hydrogens is 284 g/mol. The molecule has 0 aromatic rings. The monoisotopic (exact) mass is 316 g/mol. The summed E-state index contributed by atoms with van der Waals surface area (Å²) in [6, 6.07) is 0. The van der Waals surface area contributed by atoms with Crippen molar-refractivity contribution in [1.82, 2.24) is 0 Å². The van der Waals surface area contributed by atoms with Crippen molar-refractivity contribution in [3.63, 3.8) is 0 Å². The van der Waals surface area contributed by atoms with Crippen LogP contribution in [0.25, 0.3) is 0 Å². The lowest BCUT2D eigenvalue weighted by Gasteiger charge is -2.38. The van der Waals surface area contributed by atoms with Crippen LogP contribution in [-0.2, 0) is 9.22 Å². The molecule has 4 nitrogen and oxygen atoms in total. The van der Waals surface area contributed by atoms with Crippen molar-refractivity contribution in [2.75, 3.05) is 0 Å². The molecule has 0 radical (unpaired) electrons. The van der Waals surface area contributed by atoms with E-state index in [0.717, 1.165) is 6.42 Å². The summed E-state index contributed by atoms with van der Waals surface area (Å²) in [6.45, 7) is 14.8. The smallest absolute Gasteiger partial charge is 0.331 e. The molecule has 2 N–H and O–H groups in total. The second kappa shape index (κ2) is 8.10. The van der Waals surface area contributed by atoms with Crippen molar-refractivity contribution in [1.29, 1.82) is 0 Å². The van der Waals surface area contributed by atoms with Crippen LogP contribution < -0.4 is 0 Å². The van der Waals surface area contributed by atoms with Gasteiger partial charge in [0.05, 0.1) is 6.10 Å². The van der Waals surface area contributed by atoms with E-state index < -0.39 is 20.4 Å². The maximum Gasteiger partial charge on any atom is 0.331 e. The zero-order chi connectivity index (χ0) is 16.8. The highest BCUT2D eigenvalue weighted by Crippen LogP contribution is 2.37. The van der Waals surface area contributed by atoms with E-state index in [-0.39, 0.29) is 16.7 Å². The van der Waals surface area contributed by atoms with Crippen LogP contribution in [0, 0.1) is 0 Å². The molecule has 0 saturated heterocycles. The van der Waals surface area contributed by atoms with E-state index in [0.29, 0.717) is 12.8 Å². The lowest BCUT2D eigenvalue weighted by atomic mass is 10.1. The molecule has 0 bridgehead atoms. The van der Waals surface area contributed by atoms with Crippen LogP contribution >= 0.6 is 0 Å². The fourth-order valence-corrected chi connectivity index (χ4v) is 3.28. The molecule has 0 saturated carbocycles. The third-order valence-corrected chi connectivity index (χ3v) is 8.82. The van der Waals surface area contributed by atoms with E-state index in [2.05, 4.69) is 33.9 Å². The molecule has 21 heavy (non-hydrogen) atoms. The molecule has 5 heteroatoms. The largest absolute Gasteiger partial charge is 0.478 e. The van der Waals surface area contributed by atoms with Gasteiger partial charge in [0, 0.05) is 11.7 Å². The molecule has 124 valence electrons. The number of carboxylic acid groups (broad SMARTS) is 1. The van der Waals surface area contributed by atoms with Crippen molar-refractivity contribution in [2.24, 2.45) is 0 Å². The number of hydrogen-bond donors (Lipinski definition) is 2. The first-order valence-electron chi connectivity index (χ1n) is 7.70. The average molecular weight is 317 g/mol. The average Bonchev–Trinajstić information content (AvgIpc) is 2.31. The summed E-state index contributed by atoms with van der Waals surface area (Å²) in [5.74, 6) is -0.956. The third kappa shape index (κ3) is 7.25. The van der Waals surface area contributed by atoms with E-state index in [4.69, 9.17) is 9.53 Å². The lowest BCUT2D eigenvalue weighted by molar-refractivity contribution is -0.132. The second-order valence-electron chi connectivity index (χ2n) is 7.18. The molecule has 0 aliphatic rings. The van der Waals surface area contributed by atoms with Crippen molar-refractivity contribution in [3.05, 3.63) is 11.6 Å². The minimum absolute atomic E-state index is 0.0730. The number of rotatable bonds is 8. The maximum absolute atomic E-state index is 10.9. The van der Waals surface area contributed by atoms with Gasteiger partial charge < -0.3 is 14.6 Å². The quantitative estimate of drug-likeness (QED) is 0.525. The van der Waals surface area contributed by atoms with Gasteiger partial charge in [0.1, 0.15) is 0 Å². The molecule has 0 heterocycles. The van der Waals surface area contributed by atoms with Crippen LogP contribution in [0.5, 0.6) is 0 Å². The summed E-state index contributed by atoms with van der Waals surface area (Å²) in [7, 11) is -1.79. The summed E-state index contributed by atoms with van der Waals surface area (Å²) in [5.41, 5.74) is 0.264. The molecule has 0 amide bonds. The zero-order valence-electron chi connectivity index (χ0n) is 14.6. The van der Waals surface area contributed by atoms with Crippen molar-refractivity contribution >= 4 is 14.3 Å². The standard InChI is InChI=1S/C16H32O4Si/c1-8-13(15(18)19)11-14(17)10-9-12(2)20-21(6,7)16(3,4)5/h11-12,14,17H,8-10H2,1-7H3,(H,18,19)/t12-,14-/m1/s1. The number of carboxylic acids is 1. The van der Waals surface area contributed by atoms with Crippen LogP contribution in [0.2, 0.25) is 18.1 Å². The van der Waals surface area contributed by atoms with Gasteiger partial charge in [-0.2, -0.15) is 0 Å². The van der Waals surface area contributed by atoms with Gasteiger partial charge in [0.2, 0.25) is 0 Å². The highest BCUT2D eigenvalue weighted by Gasteiger charge is 2.38. The summed E-state index contributed by atoms with van der Waals surface area (Å²) in [4.78, 5) is 10.9. The number of hydrogen-bond acceptors (Lipinski definition) is 3. The molecule has 0 aliphatic heterocycles. The molecule has 0 aromatic carbocycles. The van der Waals surface area contributed by atoms with E-state index in [9.17, 15) is 9.90 Å². The zero-order valence-corrected chi connectivity index (χ0v) is 15.6. The van der Waals surface area contributed by atoms with Gasteiger partial charge in [-0.05, 0) is 50.4 Å². The number of aliphatic hydroxyl groups is 1. The molecular formula is C16H32O4Si. The SMILES string of the molecule is CCC(=C[C@H](O)CC[C@@H](C)O[Si](C)(C)C(C)(C)C)C(=O)O. The van der Waals surface area contributed by atoms with Crippen LogP contribution in [-0.4, -0.2) is 36.7 Å². The summed E-state index contributed by atoms with van der Waals surface area (Å²) in [6.07, 6.45) is 2.46. The van der Waals surface area contributed by atoms with Crippen LogP contribution in [0.4, 0.5) is 0 Å².